The second-order valence-corrected chi connectivity index (χ2v) is 3.81. The molecule has 2 N–H and O–H groups in total. The summed E-state index contributed by atoms with van der Waals surface area (Å²) in [6.07, 6.45) is 5.40. The van der Waals surface area contributed by atoms with E-state index in [1.54, 1.807) is 11.3 Å². The fourth-order valence-electron chi connectivity index (χ4n) is 1.38. The highest BCUT2D eigenvalue weighted by Crippen LogP contribution is 2.31. The zero-order valence-corrected chi connectivity index (χ0v) is 8.34. The van der Waals surface area contributed by atoms with Crippen molar-refractivity contribution in [2.45, 2.75) is 0 Å². The zero-order valence-electron chi connectivity index (χ0n) is 7.53. The number of thiophene rings is 1. The third-order valence-corrected chi connectivity index (χ3v) is 2.89. The quantitative estimate of drug-likeness (QED) is 0.554. The Morgan fingerprint density at radius 1 is 1.14 bits per heavy atom. The molecule has 2 aromatic rings. The van der Waals surface area contributed by atoms with Crippen LogP contribution in [0.1, 0.15) is 4.88 Å². The van der Waals surface area contributed by atoms with Crippen LogP contribution in [-0.2, 0) is 0 Å². The van der Waals surface area contributed by atoms with Gasteiger partial charge in [0.15, 0.2) is 0 Å². The minimum Gasteiger partial charge on any atom is -0.398 e. The number of benzene rings is 1. The molecule has 0 unspecified atom stereocenters. The lowest BCUT2D eigenvalue weighted by molar-refractivity contribution is 1.65. The van der Waals surface area contributed by atoms with Gasteiger partial charge in [0.05, 0.1) is 4.88 Å². The first-order chi connectivity index (χ1) is 6.83. The van der Waals surface area contributed by atoms with Crippen molar-refractivity contribution < 1.29 is 0 Å². The molecule has 0 saturated heterocycles. The van der Waals surface area contributed by atoms with Gasteiger partial charge in [0.25, 0.3) is 0 Å². The van der Waals surface area contributed by atoms with Gasteiger partial charge in [-0.2, -0.15) is 0 Å². The van der Waals surface area contributed by atoms with E-state index < -0.39 is 0 Å². The summed E-state index contributed by atoms with van der Waals surface area (Å²) in [5, 5.41) is 1.98. The molecule has 2 rings (SSSR count). The number of hydrogen-bond donors (Lipinski definition) is 1. The number of nitrogen functional groups attached to an aromatic ring is 1. The molecular weight excluding hydrogens is 190 g/mol. The van der Waals surface area contributed by atoms with Crippen molar-refractivity contribution in [1.82, 2.24) is 0 Å². The largest absolute Gasteiger partial charge is 0.398 e. The Morgan fingerprint density at radius 2 is 1.93 bits per heavy atom. The summed E-state index contributed by atoms with van der Waals surface area (Å²) < 4.78 is 0. The highest BCUT2D eigenvalue weighted by molar-refractivity contribution is 7.11. The molecular formula is C12H9NS. The van der Waals surface area contributed by atoms with Crippen molar-refractivity contribution in [2.75, 3.05) is 5.73 Å². The van der Waals surface area contributed by atoms with E-state index in [2.05, 4.69) is 5.92 Å². The molecule has 68 valence electrons. The van der Waals surface area contributed by atoms with Crippen LogP contribution in [0.5, 0.6) is 0 Å². The molecule has 0 saturated carbocycles. The molecule has 1 nitrogen and oxygen atoms in total. The van der Waals surface area contributed by atoms with Gasteiger partial charge in [0.1, 0.15) is 0 Å². The summed E-state index contributed by atoms with van der Waals surface area (Å²) in [4.78, 5) is 0.933. The molecule has 0 aliphatic carbocycles. The Bertz CT molecular complexity index is 491. The highest BCUT2D eigenvalue weighted by Gasteiger charge is 2.06. The van der Waals surface area contributed by atoms with E-state index in [-0.39, 0.29) is 0 Å². The van der Waals surface area contributed by atoms with E-state index in [4.69, 9.17) is 12.2 Å². The monoisotopic (exact) mass is 199 g/mol. The van der Waals surface area contributed by atoms with Crippen LogP contribution in [0.15, 0.2) is 35.7 Å². The summed E-state index contributed by atoms with van der Waals surface area (Å²) in [7, 11) is 0. The van der Waals surface area contributed by atoms with Gasteiger partial charge in [-0.1, -0.05) is 24.1 Å². The van der Waals surface area contributed by atoms with E-state index >= 15 is 0 Å². The van der Waals surface area contributed by atoms with E-state index in [0.717, 1.165) is 21.7 Å². The molecule has 14 heavy (non-hydrogen) atoms. The van der Waals surface area contributed by atoms with Crippen molar-refractivity contribution in [2.24, 2.45) is 0 Å². The first-order valence-corrected chi connectivity index (χ1v) is 5.10. The molecule has 1 aromatic heterocycles. The summed E-state index contributed by atoms with van der Waals surface area (Å²) in [6, 6.07) is 9.75. The maximum atomic E-state index is 5.87. The number of para-hydroxylation sites is 1. The van der Waals surface area contributed by atoms with E-state index in [9.17, 15) is 0 Å². The Hall–Kier alpha value is -1.72. The average Bonchev–Trinajstić information content (AvgIpc) is 2.66. The maximum Gasteiger partial charge on any atom is 0.0844 e. The van der Waals surface area contributed by atoms with Gasteiger partial charge in [-0.05, 0) is 17.5 Å². The van der Waals surface area contributed by atoms with E-state index in [0.29, 0.717) is 0 Å². The van der Waals surface area contributed by atoms with Crippen LogP contribution in [0.2, 0.25) is 0 Å². The Balaban J connectivity index is 2.62. The fraction of sp³-hybridized carbons (Fsp3) is 0. The van der Waals surface area contributed by atoms with Gasteiger partial charge < -0.3 is 5.73 Å². The molecule has 0 spiro atoms. The number of nitrogens with two attached hydrogens (primary N) is 1. The van der Waals surface area contributed by atoms with Gasteiger partial charge in [0, 0.05) is 16.8 Å². The van der Waals surface area contributed by atoms with Crippen molar-refractivity contribution >= 4 is 17.0 Å². The molecule has 0 amide bonds. The topological polar surface area (TPSA) is 26.0 Å². The molecule has 0 radical (unpaired) electrons. The molecule has 0 aliphatic rings. The number of rotatable bonds is 1. The molecule has 0 bridgehead atoms. The van der Waals surface area contributed by atoms with Crippen LogP contribution >= 0.6 is 11.3 Å². The smallest absolute Gasteiger partial charge is 0.0844 e. The van der Waals surface area contributed by atoms with Crippen molar-refractivity contribution in [1.29, 1.82) is 0 Å². The van der Waals surface area contributed by atoms with Crippen molar-refractivity contribution in [3.05, 3.63) is 40.6 Å². The Morgan fingerprint density at radius 3 is 2.64 bits per heavy atom. The number of anilines is 1. The second kappa shape index (κ2) is 3.57. The van der Waals surface area contributed by atoms with E-state index in [1.165, 1.54) is 0 Å². The molecule has 0 atom stereocenters. The van der Waals surface area contributed by atoms with Gasteiger partial charge in [0.2, 0.25) is 0 Å². The predicted molar refractivity (Wildman–Crippen MR) is 62.1 cm³/mol. The van der Waals surface area contributed by atoms with Gasteiger partial charge in [-0.25, -0.2) is 0 Å². The summed E-state index contributed by atoms with van der Waals surface area (Å²) >= 11 is 1.56. The first-order valence-electron chi connectivity index (χ1n) is 4.22. The molecule has 0 fully saturated rings. The van der Waals surface area contributed by atoms with Gasteiger partial charge in [-0.3, -0.25) is 0 Å². The minimum atomic E-state index is 0.766. The van der Waals surface area contributed by atoms with Gasteiger partial charge >= 0.3 is 0 Å². The summed E-state index contributed by atoms with van der Waals surface area (Å²) in [6.45, 7) is 0. The Kier molecular flexibility index (Phi) is 2.26. The van der Waals surface area contributed by atoms with Crippen LogP contribution in [-0.4, -0.2) is 0 Å². The molecule has 0 aliphatic heterocycles. The Labute approximate surface area is 87.2 Å². The zero-order chi connectivity index (χ0) is 9.97. The standard InChI is InChI=1S/C12H9NS/c1-2-12-10(7-8-14-12)9-5-3-4-6-11(9)13/h1,3-8H,13H2. The lowest BCUT2D eigenvalue weighted by Gasteiger charge is -2.03. The average molecular weight is 199 g/mol. The lowest BCUT2D eigenvalue weighted by Crippen LogP contribution is -1.88. The third kappa shape index (κ3) is 1.39. The van der Waals surface area contributed by atoms with Crippen LogP contribution in [0.25, 0.3) is 11.1 Å². The van der Waals surface area contributed by atoms with Gasteiger partial charge in [-0.15, -0.1) is 17.8 Å². The maximum absolute atomic E-state index is 5.87. The molecule has 2 heteroatoms. The highest BCUT2D eigenvalue weighted by atomic mass is 32.1. The summed E-state index contributed by atoms with van der Waals surface area (Å²) in [5.74, 6) is 2.66. The third-order valence-electron chi connectivity index (χ3n) is 2.05. The van der Waals surface area contributed by atoms with Crippen LogP contribution in [0.4, 0.5) is 5.69 Å². The van der Waals surface area contributed by atoms with Crippen LogP contribution < -0.4 is 5.73 Å². The molecule has 1 aromatic carbocycles. The van der Waals surface area contributed by atoms with E-state index in [1.807, 2.05) is 35.7 Å². The normalized spacial score (nSPS) is 9.64. The van der Waals surface area contributed by atoms with Crippen LogP contribution in [0, 0.1) is 12.3 Å². The van der Waals surface area contributed by atoms with Crippen molar-refractivity contribution in [3.8, 4) is 23.5 Å². The minimum absolute atomic E-state index is 0.766. The number of hydrogen-bond acceptors (Lipinski definition) is 2. The lowest BCUT2D eigenvalue weighted by atomic mass is 10.1. The second-order valence-electron chi connectivity index (χ2n) is 2.89. The number of terminal acetylenes is 1. The summed E-state index contributed by atoms with van der Waals surface area (Å²) in [5.41, 5.74) is 8.70. The molecule has 1 heterocycles. The fourth-order valence-corrected chi connectivity index (χ4v) is 2.09. The SMILES string of the molecule is C#Cc1sccc1-c1ccccc1N. The van der Waals surface area contributed by atoms with Crippen molar-refractivity contribution in [3.63, 3.8) is 0 Å². The first kappa shape index (κ1) is 8.86. The predicted octanol–water partition coefficient (Wildman–Crippen LogP) is 2.98. The van der Waals surface area contributed by atoms with Crippen LogP contribution in [0.3, 0.4) is 0 Å².